The van der Waals surface area contributed by atoms with Gasteiger partial charge in [0.2, 0.25) is 0 Å². The predicted octanol–water partition coefficient (Wildman–Crippen LogP) is 2.70. The number of aromatic nitrogens is 1. The summed E-state index contributed by atoms with van der Waals surface area (Å²) in [5, 5.41) is 12.4. The van der Waals surface area contributed by atoms with E-state index < -0.39 is 11.6 Å². The molecule has 0 bridgehead atoms. The maximum atomic E-state index is 13.5. The Bertz CT molecular complexity index is 560. The molecule has 0 aliphatic rings. The zero-order valence-electron chi connectivity index (χ0n) is 9.95. The summed E-state index contributed by atoms with van der Waals surface area (Å²) >= 11 is 0. The molecule has 0 amide bonds. The lowest BCUT2D eigenvalue weighted by atomic mass is 10.1. The lowest BCUT2D eigenvalue weighted by molar-refractivity contribution is 0.282. The maximum Gasteiger partial charge on any atom is 0.152 e. The molecule has 1 aromatic carbocycles. The van der Waals surface area contributed by atoms with Crippen molar-refractivity contribution < 1.29 is 13.9 Å². The molecule has 2 aromatic rings. The van der Waals surface area contributed by atoms with Crippen LogP contribution in [0, 0.1) is 11.6 Å². The highest BCUT2D eigenvalue weighted by Crippen LogP contribution is 2.25. The van der Waals surface area contributed by atoms with Gasteiger partial charge in [-0.3, -0.25) is 4.98 Å². The van der Waals surface area contributed by atoms with Gasteiger partial charge in [-0.15, -0.1) is 0 Å². The third-order valence-corrected chi connectivity index (χ3v) is 2.73. The molecule has 0 unspecified atom stereocenters. The Kier molecular flexibility index (Phi) is 3.72. The van der Waals surface area contributed by atoms with Crippen molar-refractivity contribution in [3.05, 3.63) is 36.0 Å². The summed E-state index contributed by atoms with van der Waals surface area (Å²) in [6.45, 7) is 1.94. The molecule has 1 atom stereocenters. The van der Waals surface area contributed by atoms with E-state index in [0.717, 1.165) is 6.07 Å². The third-order valence-electron chi connectivity index (χ3n) is 2.73. The first-order chi connectivity index (χ1) is 8.61. The van der Waals surface area contributed by atoms with E-state index in [1.165, 1.54) is 12.3 Å². The van der Waals surface area contributed by atoms with Gasteiger partial charge in [-0.1, -0.05) is 0 Å². The SMILES string of the molecule is C[C@H](CCO)Nc1ccnc2c(F)cc(F)cc12. The number of anilines is 1. The van der Waals surface area contributed by atoms with Crippen molar-refractivity contribution in [2.45, 2.75) is 19.4 Å². The molecule has 0 aliphatic carbocycles. The van der Waals surface area contributed by atoms with E-state index in [1.807, 2.05) is 6.92 Å². The Balaban J connectivity index is 2.44. The molecular formula is C13H14F2N2O. The molecule has 0 saturated heterocycles. The summed E-state index contributed by atoms with van der Waals surface area (Å²) in [5.41, 5.74) is 0.747. The van der Waals surface area contributed by atoms with E-state index in [1.54, 1.807) is 6.07 Å². The second-order valence-electron chi connectivity index (χ2n) is 4.20. The van der Waals surface area contributed by atoms with E-state index >= 15 is 0 Å². The van der Waals surface area contributed by atoms with Crippen molar-refractivity contribution >= 4 is 16.6 Å². The summed E-state index contributed by atoms with van der Waals surface area (Å²) in [6, 6.07) is 3.73. The Morgan fingerprint density at radius 1 is 1.39 bits per heavy atom. The van der Waals surface area contributed by atoms with Gasteiger partial charge in [-0.05, 0) is 25.5 Å². The van der Waals surface area contributed by atoms with Crippen LogP contribution in [0.4, 0.5) is 14.5 Å². The fraction of sp³-hybridized carbons (Fsp3) is 0.308. The van der Waals surface area contributed by atoms with Crippen LogP contribution in [-0.2, 0) is 0 Å². The quantitative estimate of drug-likeness (QED) is 0.879. The Morgan fingerprint density at radius 3 is 2.89 bits per heavy atom. The minimum absolute atomic E-state index is 0.00642. The number of rotatable bonds is 4. The van der Waals surface area contributed by atoms with Crippen molar-refractivity contribution in [3.8, 4) is 0 Å². The Morgan fingerprint density at radius 2 is 2.17 bits per heavy atom. The van der Waals surface area contributed by atoms with Gasteiger partial charge in [0.25, 0.3) is 0 Å². The normalized spacial score (nSPS) is 12.7. The zero-order chi connectivity index (χ0) is 13.1. The minimum atomic E-state index is -0.677. The largest absolute Gasteiger partial charge is 0.396 e. The highest BCUT2D eigenvalue weighted by atomic mass is 19.1. The summed E-state index contributed by atoms with van der Waals surface area (Å²) in [7, 11) is 0. The smallest absolute Gasteiger partial charge is 0.152 e. The Labute approximate surface area is 103 Å². The fourth-order valence-corrected chi connectivity index (χ4v) is 1.84. The van der Waals surface area contributed by atoms with Crippen molar-refractivity contribution in [1.29, 1.82) is 0 Å². The second kappa shape index (κ2) is 5.27. The van der Waals surface area contributed by atoms with Gasteiger partial charge < -0.3 is 10.4 Å². The molecule has 1 heterocycles. The maximum absolute atomic E-state index is 13.5. The molecule has 3 nitrogen and oxygen atoms in total. The van der Waals surface area contributed by atoms with Crippen LogP contribution in [0.25, 0.3) is 10.9 Å². The summed E-state index contributed by atoms with van der Waals surface area (Å²) in [4.78, 5) is 3.90. The number of benzene rings is 1. The standard InChI is InChI=1S/C13H14F2N2O/c1-8(3-5-18)17-12-2-4-16-13-10(12)6-9(14)7-11(13)15/h2,4,6-8,18H,3,5H2,1H3,(H,16,17)/t8-/m1/s1. The number of fused-ring (bicyclic) bond motifs is 1. The third kappa shape index (κ3) is 2.56. The Hall–Kier alpha value is -1.75. The van der Waals surface area contributed by atoms with Gasteiger partial charge in [0.15, 0.2) is 5.82 Å². The first-order valence-corrected chi connectivity index (χ1v) is 5.73. The van der Waals surface area contributed by atoms with Crippen molar-refractivity contribution in [3.63, 3.8) is 0 Å². The van der Waals surface area contributed by atoms with Crippen LogP contribution in [-0.4, -0.2) is 22.7 Å². The number of hydrogen-bond donors (Lipinski definition) is 2. The van der Waals surface area contributed by atoms with E-state index in [0.29, 0.717) is 17.5 Å². The average Bonchev–Trinajstić information content (AvgIpc) is 2.30. The molecule has 1 aromatic heterocycles. The molecule has 2 rings (SSSR count). The number of halogens is 2. The fourth-order valence-electron chi connectivity index (χ4n) is 1.84. The lowest BCUT2D eigenvalue weighted by Crippen LogP contribution is -2.16. The van der Waals surface area contributed by atoms with Gasteiger partial charge >= 0.3 is 0 Å². The van der Waals surface area contributed by atoms with Crippen molar-refractivity contribution in [2.75, 3.05) is 11.9 Å². The molecule has 96 valence electrons. The molecule has 18 heavy (non-hydrogen) atoms. The first kappa shape index (κ1) is 12.7. The van der Waals surface area contributed by atoms with Gasteiger partial charge in [0, 0.05) is 36.0 Å². The zero-order valence-corrected chi connectivity index (χ0v) is 9.95. The monoisotopic (exact) mass is 252 g/mol. The molecule has 0 spiro atoms. The van der Waals surface area contributed by atoms with E-state index in [-0.39, 0.29) is 18.2 Å². The topological polar surface area (TPSA) is 45.1 Å². The predicted molar refractivity (Wildman–Crippen MR) is 66.4 cm³/mol. The van der Waals surface area contributed by atoms with Crippen molar-refractivity contribution in [2.24, 2.45) is 0 Å². The first-order valence-electron chi connectivity index (χ1n) is 5.73. The van der Waals surface area contributed by atoms with Gasteiger partial charge in [0.1, 0.15) is 11.3 Å². The molecule has 0 radical (unpaired) electrons. The minimum Gasteiger partial charge on any atom is -0.396 e. The summed E-state index contributed by atoms with van der Waals surface area (Å²) < 4.78 is 26.8. The van der Waals surface area contributed by atoms with Crippen LogP contribution >= 0.6 is 0 Å². The van der Waals surface area contributed by atoms with E-state index in [4.69, 9.17) is 5.11 Å². The van der Waals surface area contributed by atoms with E-state index in [2.05, 4.69) is 10.3 Å². The summed E-state index contributed by atoms with van der Waals surface area (Å²) in [6.07, 6.45) is 2.03. The van der Waals surface area contributed by atoms with Crippen LogP contribution < -0.4 is 5.32 Å². The van der Waals surface area contributed by atoms with Crippen LogP contribution in [0.3, 0.4) is 0 Å². The highest BCUT2D eigenvalue weighted by molar-refractivity contribution is 5.91. The average molecular weight is 252 g/mol. The van der Waals surface area contributed by atoms with E-state index in [9.17, 15) is 8.78 Å². The van der Waals surface area contributed by atoms with Gasteiger partial charge in [-0.2, -0.15) is 0 Å². The number of nitrogens with one attached hydrogen (secondary N) is 1. The van der Waals surface area contributed by atoms with Gasteiger partial charge in [0.05, 0.1) is 0 Å². The number of pyridine rings is 1. The highest BCUT2D eigenvalue weighted by Gasteiger charge is 2.10. The van der Waals surface area contributed by atoms with Crippen LogP contribution in [0.1, 0.15) is 13.3 Å². The van der Waals surface area contributed by atoms with Gasteiger partial charge in [-0.25, -0.2) is 8.78 Å². The lowest BCUT2D eigenvalue weighted by Gasteiger charge is -2.15. The van der Waals surface area contributed by atoms with Crippen molar-refractivity contribution in [1.82, 2.24) is 4.98 Å². The van der Waals surface area contributed by atoms with Crippen LogP contribution in [0.5, 0.6) is 0 Å². The molecule has 0 aliphatic heterocycles. The number of nitrogens with zero attached hydrogens (tertiary/aromatic N) is 1. The van der Waals surface area contributed by atoms with Crippen LogP contribution in [0.2, 0.25) is 0 Å². The molecule has 2 N–H and O–H groups in total. The number of aliphatic hydroxyl groups excluding tert-OH is 1. The van der Waals surface area contributed by atoms with Crippen LogP contribution in [0.15, 0.2) is 24.4 Å². The molecule has 5 heteroatoms. The molecule has 0 saturated carbocycles. The number of aliphatic hydroxyl groups is 1. The number of hydrogen-bond acceptors (Lipinski definition) is 3. The second-order valence-corrected chi connectivity index (χ2v) is 4.20. The molecular weight excluding hydrogens is 238 g/mol. The summed E-state index contributed by atoms with van der Waals surface area (Å²) in [5.74, 6) is -1.31. The molecule has 0 fully saturated rings.